The second-order valence-corrected chi connectivity index (χ2v) is 5.58. The Labute approximate surface area is 165 Å². The van der Waals surface area contributed by atoms with E-state index >= 15 is 0 Å². The highest BCUT2D eigenvalue weighted by atomic mass is 127. The normalized spacial score (nSPS) is 13.6. The summed E-state index contributed by atoms with van der Waals surface area (Å²) in [6.07, 6.45) is 0. The number of nitrogens with one attached hydrogen (secondary N) is 3. The van der Waals surface area contributed by atoms with Crippen molar-refractivity contribution in [2.45, 2.75) is 26.4 Å². The van der Waals surface area contributed by atoms with E-state index in [2.05, 4.69) is 20.9 Å². The summed E-state index contributed by atoms with van der Waals surface area (Å²) in [5.41, 5.74) is -1.19. The fourth-order valence-corrected chi connectivity index (χ4v) is 1.91. The Bertz CT molecular complexity index is 546. The number of rotatable bonds is 9. The van der Waals surface area contributed by atoms with Crippen molar-refractivity contribution in [2.24, 2.45) is 4.99 Å². The van der Waals surface area contributed by atoms with Crippen LogP contribution in [-0.4, -0.2) is 56.9 Å². The Kier molecular flexibility index (Phi) is 11.4. The molecule has 144 valence electrons. The highest BCUT2D eigenvalue weighted by Gasteiger charge is 2.27. The number of guanidine groups is 1. The van der Waals surface area contributed by atoms with E-state index in [-0.39, 0.29) is 43.0 Å². The number of halogens is 1. The maximum absolute atomic E-state index is 11.7. The number of aliphatic hydroxyl groups is 1. The summed E-state index contributed by atoms with van der Waals surface area (Å²) in [6.45, 7) is 7.11. The standard InChI is InChI=1S/C16H28N4O4.HI/c1-5-17-15(19-10-14(21)18-8-9-23-4)20-11-16(3,22)13-7-6-12(2)24-13;/h6-7,22H,5,8-11H2,1-4H3,(H,18,21)(H2,17,19,20);1H. The van der Waals surface area contributed by atoms with Crippen LogP contribution in [-0.2, 0) is 15.1 Å². The van der Waals surface area contributed by atoms with Crippen molar-refractivity contribution in [1.29, 1.82) is 0 Å². The first-order valence-corrected chi connectivity index (χ1v) is 7.96. The molecule has 0 spiro atoms. The third-order valence-electron chi connectivity index (χ3n) is 3.22. The van der Waals surface area contributed by atoms with Crippen LogP contribution in [0.3, 0.4) is 0 Å². The molecule has 0 bridgehead atoms. The van der Waals surface area contributed by atoms with Crippen molar-refractivity contribution in [3.05, 3.63) is 23.7 Å². The smallest absolute Gasteiger partial charge is 0.241 e. The molecule has 1 atom stereocenters. The first-order valence-electron chi connectivity index (χ1n) is 7.96. The minimum atomic E-state index is -1.19. The molecule has 0 aliphatic rings. The molecule has 8 nitrogen and oxygen atoms in total. The van der Waals surface area contributed by atoms with E-state index in [1.165, 1.54) is 0 Å². The predicted molar refractivity (Wildman–Crippen MR) is 107 cm³/mol. The molecule has 0 saturated heterocycles. The molecule has 0 aliphatic carbocycles. The largest absolute Gasteiger partial charge is 0.463 e. The van der Waals surface area contributed by atoms with Crippen LogP contribution in [0.2, 0.25) is 0 Å². The number of aryl methyl sites for hydroxylation is 1. The summed E-state index contributed by atoms with van der Waals surface area (Å²) in [6, 6.07) is 3.54. The second-order valence-electron chi connectivity index (χ2n) is 5.58. The fourth-order valence-electron chi connectivity index (χ4n) is 1.91. The van der Waals surface area contributed by atoms with Gasteiger partial charge in [-0.3, -0.25) is 4.79 Å². The lowest BCUT2D eigenvalue weighted by Gasteiger charge is -2.22. The summed E-state index contributed by atoms with van der Waals surface area (Å²) < 4.78 is 10.3. The van der Waals surface area contributed by atoms with Gasteiger partial charge in [-0.05, 0) is 32.9 Å². The fraction of sp³-hybridized carbons (Fsp3) is 0.625. The third kappa shape index (κ3) is 9.07. The molecule has 9 heteroatoms. The van der Waals surface area contributed by atoms with E-state index in [0.29, 0.717) is 31.4 Å². The lowest BCUT2D eigenvalue weighted by atomic mass is 10.0. The maximum atomic E-state index is 11.7. The average Bonchev–Trinajstić information content (AvgIpc) is 2.98. The second kappa shape index (κ2) is 12.1. The lowest BCUT2D eigenvalue weighted by Crippen LogP contribution is -2.45. The van der Waals surface area contributed by atoms with E-state index in [9.17, 15) is 9.90 Å². The van der Waals surface area contributed by atoms with Gasteiger partial charge in [0.2, 0.25) is 5.91 Å². The number of carbonyl (C=O) groups excluding carboxylic acids is 1. The molecule has 0 aromatic carbocycles. The topological polar surface area (TPSA) is 108 Å². The molecule has 1 unspecified atom stereocenters. The van der Waals surface area contributed by atoms with Gasteiger partial charge in [0, 0.05) is 20.2 Å². The van der Waals surface area contributed by atoms with Gasteiger partial charge in [-0.15, -0.1) is 24.0 Å². The number of carbonyl (C=O) groups is 1. The Balaban J connectivity index is 0.00000576. The third-order valence-corrected chi connectivity index (χ3v) is 3.22. The van der Waals surface area contributed by atoms with Crippen molar-refractivity contribution in [1.82, 2.24) is 16.0 Å². The minimum absolute atomic E-state index is 0. The predicted octanol–water partition coefficient (Wildman–Crippen LogP) is 0.731. The number of methoxy groups -OCH3 is 1. The van der Waals surface area contributed by atoms with Gasteiger partial charge in [-0.1, -0.05) is 0 Å². The Morgan fingerprint density at radius 3 is 2.64 bits per heavy atom. The first-order chi connectivity index (χ1) is 11.4. The van der Waals surface area contributed by atoms with Gasteiger partial charge in [0.15, 0.2) is 5.96 Å². The number of hydrogen-bond donors (Lipinski definition) is 4. The molecule has 1 aromatic heterocycles. The van der Waals surface area contributed by atoms with Crippen LogP contribution in [0.4, 0.5) is 0 Å². The summed E-state index contributed by atoms with van der Waals surface area (Å²) >= 11 is 0. The van der Waals surface area contributed by atoms with Crippen LogP contribution >= 0.6 is 24.0 Å². The SMILES string of the molecule is CCNC(=NCC(=O)NCCOC)NCC(C)(O)c1ccc(C)o1.I. The summed E-state index contributed by atoms with van der Waals surface area (Å²) in [4.78, 5) is 15.9. The zero-order valence-electron chi connectivity index (χ0n) is 15.2. The molecule has 4 N–H and O–H groups in total. The highest BCUT2D eigenvalue weighted by Crippen LogP contribution is 2.21. The van der Waals surface area contributed by atoms with Crippen molar-refractivity contribution in [3.8, 4) is 0 Å². The van der Waals surface area contributed by atoms with Gasteiger partial charge < -0.3 is 30.2 Å². The van der Waals surface area contributed by atoms with Gasteiger partial charge in [-0.2, -0.15) is 0 Å². The van der Waals surface area contributed by atoms with Crippen LogP contribution in [0, 0.1) is 6.92 Å². The number of aliphatic imine (C=N–C) groups is 1. The maximum Gasteiger partial charge on any atom is 0.241 e. The van der Waals surface area contributed by atoms with Crippen LogP contribution in [0.25, 0.3) is 0 Å². The molecule has 0 radical (unpaired) electrons. The molecule has 1 rings (SSSR count). The Morgan fingerprint density at radius 2 is 2.08 bits per heavy atom. The average molecular weight is 468 g/mol. The molecular weight excluding hydrogens is 439 g/mol. The van der Waals surface area contributed by atoms with Crippen LogP contribution < -0.4 is 16.0 Å². The van der Waals surface area contributed by atoms with Gasteiger partial charge in [0.1, 0.15) is 23.7 Å². The van der Waals surface area contributed by atoms with E-state index < -0.39 is 5.60 Å². The molecule has 0 saturated carbocycles. The van der Waals surface area contributed by atoms with E-state index in [0.717, 1.165) is 5.76 Å². The van der Waals surface area contributed by atoms with Crippen molar-refractivity contribution in [3.63, 3.8) is 0 Å². The molecule has 1 heterocycles. The van der Waals surface area contributed by atoms with E-state index in [1.54, 1.807) is 26.2 Å². The Hall–Kier alpha value is -1.33. The quantitative estimate of drug-likeness (QED) is 0.184. The molecular formula is C16H29IN4O4. The summed E-state index contributed by atoms with van der Waals surface area (Å²) in [7, 11) is 1.57. The van der Waals surface area contributed by atoms with Crippen molar-refractivity contribution >= 4 is 35.8 Å². The van der Waals surface area contributed by atoms with Gasteiger partial charge in [-0.25, -0.2) is 4.99 Å². The molecule has 25 heavy (non-hydrogen) atoms. The molecule has 1 amide bonds. The van der Waals surface area contributed by atoms with E-state index in [1.807, 2.05) is 13.8 Å². The summed E-state index contributed by atoms with van der Waals surface area (Å²) in [5, 5.41) is 19.2. The van der Waals surface area contributed by atoms with Gasteiger partial charge in [0.05, 0.1) is 13.2 Å². The van der Waals surface area contributed by atoms with Crippen molar-refractivity contribution < 1.29 is 19.1 Å². The lowest BCUT2D eigenvalue weighted by molar-refractivity contribution is -0.119. The first kappa shape index (κ1) is 23.7. The number of amides is 1. The van der Waals surface area contributed by atoms with Crippen molar-refractivity contribution in [2.75, 3.05) is 39.9 Å². The monoisotopic (exact) mass is 468 g/mol. The molecule has 0 fully saturated rings. The van der Waals surface area contributed by atoms with Gasteiger partial charge in [0.25, 0.3) is 0 Å². The number of ether oxygens (including phenoxy) is 1. The molecule has 1 aromatic rings. The minimum Gasteiger partial charge on any atom is -0.463 e. The zero-order chi connectivity index (χ0) is 18.0. The zero-order valence-corrected chi connectivity index (χ0v) is 17.5. The summed E-state index contributed by atoms with van der Waals surface area (Å²) in [5.74, 6) is 1.46. The number of furan rings is 1. The Morgan fingerprint density at radius 1 is 1.36 bits per heavy atom. The molecule has 0 aliphatic heterocycles. The number of hydrogen-bond acceptors (Lipinski definition) is 5. The van der Waals surface area contributed by atoms with E-state index in [4.69, 9.17) is 9.15 Å². The van der Waals surface area contributed by atoms with Crippen LogP contribution in [0.5, 0.6) is 0 Å². The number of nitrogens with zero attached hydrogens (tertiary/aromatic N) is 1. The van der Waals surface area contributed by atoms with Gasteiger partial charge >= 0.3 is 0 Å². The van der Waals surface area contributed by atoms with Crippen LogP contribution in [0.1, 0.15) is 25.4 Å². The van der Waals surface area contributed by atoms with Crippen LogP contribution in [0.15, 0.2) is 21.5 Å². The highest BCUT2D eigenvalue weighted by molar-refractivity contribution is 14.0.